The second kappa shape index (κ2) is 8.29. The van der Waals surface area contributed by atoms with Crippen LogP contribution >= 0.6 is 23.5 Å². The number of nitrogens with zero attached hydrogens (tertiary/aromatic N) is 2. The molecule has 0 unspecified atom stereocenters. The van der Waals surface area contributed by atoms with Gasteiger partial charge in [0.15, 0.2) is 6.61 Å². The molecule has 0 saturated carbocycles. The Bertz CT molecular complexity index is 956. The number of fused-ring (bicyclic) bond motifs is 1. The van der Waals surface area contributed by atoms with Gasteiger partial charge < -0.3 is 10.1 Å². The van der Waals surface area contributed by atoms with Crippen LogP contribution in [0.4, 0.5) is 5.69 Å². The summed E-state index contributed by atoms with van der Waals surface area (Å²) < 4.78 is 13.3. The van der Waals surface area contributed by atoms with Crippen LogP contribution in [0.2, 0.25) is 0 Å². The third-order valence-corrected chi connectivity index (χ3v) is 5.29. The summed E-state index contributed by atoms with van der Waals surface area (Å²) in [5, 5.41) is 2.70. The van der Waals surface area contributed by atoms with E-state index in [0.29, 0.717) is 11.2 Å². The van der Waals surface area contributed by atoms with Crippen LogP contribution in [0.1, 0.15) is 11.1 Å². The third kappa shape index (κ3) is 4.59. The fourth-order valence-electron chi connectivity index (χ4n) is 2.28. The van der Waals surface area contributed by atoms with Gasteiger partial charge >= 0.3 is 5.97 Å². The Labute approximate surface area is 159 Å². The first-order chi connectivity index (χ1) is 12.5. The van der Waals surface area contributed by atoms with Crippen molar-refractivity contribution in [2.75, 3.05) is 17.7 Å². The lowest BCUT2D eigenvalue weighted by atomic mass is 10.2. The summed E-state index contributed by atoms with van der Waals surface area (Å²) in [7, 11) is 0. The summed E-state index contributed by atoms with van der Waals surface area (Å²) >= 11 is 2.48. The van der Waals surface area contributed by atoms with Gasteiger partial charge in [0, 0.05) is 4.90 Å². The molecule has 1 aromatic heterocycles. The molecule has 0 fully saturated rings. The molecule has 0 aliphatic heterocycles. The zero-order valence-electron chi connectivity index (χ0n) is 14.3. The summed E-state index contributed by atoms with van der Waals surface area (Å²) in [6.45, 7) is 3.67. The van der Waals surface area contributed by atoms with Gasteiger partial charge in [-0.3, -0.25) is 9.59 Å². The van der Waals surface area contributed by atoms with Gasteiger partial charge in [-0.1, -0.05) is 23.8 Å². The lowest BCUT2D eigenvalue weighted by Crippen LogP contribution is -2.21. The average Bonchev–Trinajstić information content (AvgIpc) is 3.10. The highest BCUT2D eigenvalue weighted by Crippen LogP contribution is 2.24. The molecule has 1 amide bonds. The van der Waals surface area contributed by atoms with Crippen LogP contribution < -0.4 is 5.32 Å². The molecule has 26 heavy (non-hydrogen) atoms. The summed E-state index contributed by atoms with van der Waals surface area (Å²) in [5.41, 5.74) is 4.15. The number of aromatic nitrogens is 2. The minimum absolute atomic E-state index is 0.156. The minimum atomic E-state index is -0.431. The van der Waals surface area contributed by atoms with Crippen LogP contribution in [0.15, 0.2) is 41.3 Å². The molecule has 0 atom stereocenters. The van der Waals surface area contributed by atoms with Crippen molar-refractivity contribution < 1.29 is 14.3 Å². The number of hydrogen-bond acceptors (Lipinski definition) is 7. The van der Waals surface area contributed by atoms with E-state index in [9.17, 15) is 9.59 Å². The maximum absolute atomic E-state index is 12.0. The molecule has 1 N–H and O–H groups in total. The number of carbonyl (C=O) groups excluding carboxylic acids is 2. The fourth-order valence-corrected chi connectivity index (χ4v) is 3.75. The van der Waals surface area contributed by atoms with Gasteiger partial charge in [0.25, 0.3) is 5.91 Å². The highest BCUT2D eigenvalue weighted by Gasteiger charge is 2.12. The van der Waals surface area contributed by atoms with Crippen molar-refractivity contribution in [3.05, 3.63) is 47.5 Å². The summed E-state index contributed by atoms with van der Waals surface area (Å²) in [6, 6.07) is 11.4. The number of esters is 1. The first-order valence-corrected chi connectivity index (χ1v) is 9.61. The number of ether oxygens (including phenoxy) is 1. The van der Waals surface area contributed by atoms with Crippen LogP contribution in [0.25, 0.3) is 11.0 Å². The molecule has 0 saturated heterocycles. The van der Waals surface area contributed by atoms with Crippen LogP contribution in [0.5, 0.6) is 0 Å². The number of thioether (sulfide) groups is 1. The van der Waals surface area contributed by atoms with E-state index in [0.717, 1.165) is 33.3 Å². The molecule has 0 spiro atoms. The minimum Gasteiger partial charge on any atom is -0.455 e. The van der Waals surface area contributed by atoms with E-state index in [1.165, 1.54) is 11.8 Å². The first kappa shape index (κ1) is 18.3. The number of anilines is 1. The molecule has 0 aliphatic rings. The zero-order valence-corrected chi connectivity index (χ0v) is 15.9. The van der Waals surface area contributed by atoms with Crippen molar-refractivity contribution in [2.24, 2.45) is 0 Å². The number of hydrogen-bond donors (Lipinski definition) is 1. The number of nitrogens with one attached hydrogen (secondary N) is 1. The highest BCUT2D eigenvalue weighted by molar-refractivity contribution is 8.00. The van der Waals surface area contributed by atoms with Crippen molar-refractivity contribution in [1.29, 1.82) is 0 Å². The lowest BCUT2D eigenvalue weighted by molar-refractivity contribution is -0.144. The molecule has 8 heteroatoms. The van der Waals surface area contributed by atoms with Gasteiger partial charge in [-0.25, -0.2) is 0 Å². The standard InChI is InChI=1S/C18H17N3O3S2/c1-11-6-7-12(2)15(8-11)25-10-17(23)24-9-16(22)19-13-4-3-5-14-18(13)21-26-20-14/h3-8H,9-10H2,1-2H3,(H,19,22). The van der Waals surface area contributed by atoms with Crippen LogP contribution in [0.3, 0.4) is 0 Å². The van der Waals surface area contributed by atoms with Crippen LogP contribution in [-0.4, -0.2) is 33.0 Å². The zero-order chi connectivity index (χ0) is 18.5. The van der Waals surface area contributed by atoms with E-state index >= 15 is 0 Å². The first-order valence-electron chi connectivity index (χ1n) is 7.90. The number of amides is 1. The monoisotopic (exact) mass is 387 g/mol. The second-order valence-corrected chi connectivity index (χ2v) is 7.25. The molecule has 3 aromatic rings. The van der Waals surface area contributed by atoms with E-state index in [2.05, 4.69) is 14.1 Å². The molecule has 1 heterocycles. The normalized spacial score (nSPS) is 10.7. The average molecular weight is 387 g/mol. The fraction of sp³-hybridized carbons (Fsp3) is 0.222. The molecule has 6 nitrogen and oxygen atoms in total. The van der Waals surface area contributed by atoms with Crippen molar-refractivity contribution >= 4 is 52.1 Å². The van der Waals surface area contributed by atoms with Crippen molar-refractivity contribution in [2.45, 2.75) is 18.7 Å². The van der Waals surface area contributed by atoms with Crippen molar-refractivity contribution in [3.8, 4) is 0 Å². The molecule has 0 radical (unpaired) electrons. The van der Waals surface area contributed by atoms with E-state index in [-0.39, 0.29) is 12.4 Å². The van der Waals surface area contributed by atoms with E-state index in [1.807, 2.05) is 38.1 Å². The predicted octanol–water partition coefficient (Wildman–Crippen LogP) is 3.58. The molecule has 3 rings (SSSR count). The van der Waals surface area contributed by atoms with Gasteiger partial charge in [-0.2, -0.15) is 8.75 Å². The Morgan fingerprint density at radius 3 is 2.88 bits per heavy atom. The third-order valence-electron chi connectivity index (χ3n) is 3.61. The van der Waals surface area contributed by atoms with Gasteiger partial charge in [0.2, 0.25) is 0 Å². The number of carbonyl (C=O) groups is 2. The topological polar surface area (TPSA) is 81.2 Å². The summed E-state index contributed by atoms with van der Waals surface area (Å²) in [6.07, 6.45) is 0. The lowest BCUT2D eigenvalue weighted by Gasteiger charge is -2.08. The molecule has 2 aromatic carbocycles. The van der Waals surface area contributed by atoms with Gasteiger partial charge in [-0.05, 0) is 37.6 Å². The van der Waals surface area contributed by atoms with E-state index < -0.39 is 11.9 Å². The number of aryl methyl sites for hydroxylation is 2. The van der Waals surface area contributed by atoms with E-state index in [1.54, 1.807) is 12.1 Å². The highest BCUT2D eigenvalue weighted by atomic mass is 32.2. The summed E-state index contributed by atoms with van der Waals surface area (Å²) in [5.74, 6) is -0.682. The smallest absolute Gasteiger partial charge is 0.316 e. The second-order valence-electron chi connectivity index (χ2n) is 5.70. The number of benzene rings is 2. The Kier molecular flexibility index (Phi) is 5.85. The maximum Gasteiger partial charge on any atom is 0.316 e. The van der Waals surface area contributed by atoms with Crippen molar-refractivity contribution in [3.63, 3.8) is 0 Å². The van der Waals surface area contributed by atoms with Gasteiger partial charge in [0.1, 0.15) is 11.0 Å². The van der Waals surface area contributed by atoms with Gasteiger partial charge in [0.05, 0.1) is 23.2 Å². The Balaban J connectivity index is 1.49. The molecule has 0 aliphatic carbocycles. The largest absolute Gasteiger partial charge is 0.455 e. The summed E-state index contributed by atoms with van der Waals surface area (Å²) in [4.78, 5) is 24.9. The maximum atomic E-state index is 12.0. The Morgan fingerprint density at radius 2 is 2.04 bits per heavy atom. The Hall–Kier alpha value is -2.45. The van der Waals surface area contributed by atoms with Crippen LogP contribution in [0, 0.1) is 13.8 Å². The SMILES string of the molecule is Cc1ccc(C)c(SCC(=O)OCC(=O)Nc2cccc3nsnc23)c1. The van der Waals surface area contributed by atoms with Gasteiger partial charge in [-0.15, -0.1) is 11.8 Å². The Morgan fingerprint density at radius 1 is 1.19 bits per heavy atom. The van der Waals surface area contributed by atoms with Crippen molar-refractivity contribution in [1.82, 2.24) is 8.75 Å². The quantitative estimate of drug-likeness (QED) is 0.514. The molecular formula is C18H17N3O3S2. The number of rotatable bonds is 6. The predicted molar refractivity (Wildman–Crippen MR) is 104 cm³/mol. The van der Waals surface area contributed by atoms with Crippen LogP contribution in [-0.2, 0) is 14.3 Å². The molecular weight excluding hydrogens is 370 g/mol. The molecule has 134 valence electrons. The van der Waals surface area contributed by atoms with E-state index in [4.69, 9.17) is 4.74 Å². The molecule has 0 bridgehead atoms.